The van der Waals surface area contributed by atoms with E-state index in [-0.39, 0.29) is 6.61 Å². The fourth-order valence-corrected chi connectivity index (χ4v) is 2.49. The molecule has 0 fully saturated rings. The van der Waals surface area contributed by atoms with Crippen LogP contribution in [0.3, 0.4) is 0 Å². The molecule has 2 rings (SSSR count). The van der Waals surface area contributed by atoms with E-state index in [2.05, 4.69) is 20.4 Å². The quantitative estimate of drug-likeness (QED) is 0.396. The Balaban J connectivity index is 1.95. The first kappa shape index (κ1) is 13.9. The summed E-state index contributed by atoms with van der Waals surface area (Å²) in [5.41, 5.74) is 1.65. The van der Waals surface area contributed by atoms with E-state index in [1.165, 1.54) is 4.68 Å². The Hall–Kier alpha value is -1.54. The summed E-state index contributed by atoms with van der Waals surface area (Å²) >= 11 is 1.56. The van der Waals surface area contributed by atoms with Gasteiger partial charge in [-0.3, -0.25) is 5.10 Å². The third-order valence-corrected chi connectivity index (χ3v) is 3.66. The molecule has 0 radical (unpaired) electrons. The van der Waals surface area contributed by atoms with Crippen LogP contribution in [0.2, 0.25) is 0 Å². The number of thioether (sulfide) groups is 1. The molecule has 2 aromatic rings. The molecule has 0 aliphatic rings. The molecule has 19 heavy (non-hydrogen) atoms. The van der Waals surface area contributed by atoms with Crippen molar-refractivity contribution in [1.29, 1.82) is 0 Å². The van der Waals surface area contributed by atoms with Gasteiger partial charge in [0.05, 0.1) is 0 Å². The minimum Gasteiger partial charge on any atom is -0.396 e. The molecule has 0 spiro atoms. The van der Waals surface area contributed by atoms with E-state index < -0.39 is 0 Å². The van der Waals surface area contributed by atoms with Gasteiger partial charge in [0, 0.05) is 18.1 Å². The molecule has 0 saturated heterocycles. The highest BCUT2D eigenvalue weighted by Gasteiger charge is 2.14. The van der Waals surface area contributed by atoms with Crippen LogP contribution in [-0.2, 0) is 0 Å². The van der Waals surface area contributed by atoms with Crippen molar-refractivity contribution >= 4 is 11.8 Å². The third-order valence-electron chi connectivity index (χ3n) is 2.63. The molecule has 8 heteroatoms. The Kier molecular flexibility index (Phi) is 4.80. The largest absolute Gasteiger partial charge is 0.396 e. The number of nitrogens with two attached hydrogens (primary N) is 1. The van der Waals surface area contributed by atoms with Gasteiger partial charge in [-0.1, -0.05) is 18.2 Å². The Bertz CT molecular complexity index is 523. The number of aliphatic hydroxyl groups excluding tert-OH is 1. The predicted octanol–water partition coefficient (Wildman–Crippen LogP) is 0.945. The molecule has 0 aliphatic heterocycles. The van der Waals surface area contributed by atoms with Crippen LogP contribution in [0.1, 0.15) is 25.0 Å². The Labute approximate surface area is 115 Å². The summed E-state index contributed by atoms with van der Waals surface area (Å²) in [5, 5.41) is 24.5. The molecule has 7 nitrogen and oxygen atoms in total. The fraction of sp³-hybridized carbons (Fsp3) is 0.545. The van der Waals surface area contributed by atoms with Gasteiger partial charge in [-0.05, 0) is 25.8 Å². The number of nitrogen functional groups attached to an aromatic ring is 1. The summed E-state index contributed by atoms with van der Waals surface area (Å²) in [7, 11) is 0. The minimum absolute atomic E-state index is 0.250. The van der Waals surface area contributed by atoms with Gasteiger partial charge >= 0.3 is 0 Å². The highest BCUT2D eigenvalue weighted by molar-refractivity contribution is 7.99. The molecular formula is C11H18N6OS. The summed E-state index contributed by atoms with van der Waals surface area (Å²) in [6.45, 7) is 2.17. The number of aryl methyl sites for hydroxylation is 1. The van der Waals surface area contributed by atoms with E-state index in [0.717, 1.165) is 30.7 Å². The second-order valence-electron chi connectivity index (χ2n) is 4.25. The maximum Gasteiger partial charge on any atom is 0.210 e. The van der Waals surface area contributed by atoms with Crippen LogP contribution in [0.15, 0.2) is 11.2 Å². The first-order chi connectivity index (χ1) is 9.22. The predicted molar refractivity (Wildman–Crippen MR) is 74.2 cm³/mol. The van der Waals surface area contributed by atoms with E-state index in [1.54, 1.807) is 11.8 Å². The lowest BCUT2D eigenvalue weighted by molar-refractivity contribution is 0.284. The molecule has 2 aromatic heterocycles. The molecule has 0 aromatic carbocycles. The van der Waals surface area contributed by atoms with Crippen molar-refractivity contribution in [1.82, 2.24) is 25.1 Å². The van der Waals surface area contributed by atoms with Crippen LogP contribution in [-0.4, -0.2) is 42.5 Å². The lowest BCUT2D eigenvalue weighted by Gasteiger charge is -2.01. The van der Waals surface area contributed by atoms with Gasteiger partial charge in [-0.2, -0.15) is 5.10 Å². The summed E-state index contributed by atoms with van der Waals surface area (Å²) in [5.74, 6) is 7.43. The average Bonchev–Trinajstić information content (AvgIpc) is 2.96. The molecule has 0 unspecified atom stereocenters. The number of H-pyrrole nitrogens is 1. The second-order valence-corrected chi connectivity index (χ2v) is 5.31. The van der Waals surface area contributed by atoms with Crippen molar-refractivity contribution in [2.45, 2.75) is 31.3 Å². The van der Waals surface area contributed by atoms with E-state index in [9.17, 15) is 0 Å². The number of aliphatic hydroxyl groups is 1. The second kappa shape index (κ2) is 6.58. The Morgan fingerprint density at radius 3 is 2.89 bits per heavy atom. The average molecular weight is 282 g/mol. The molecular weight excluding hydrogens is 264 g/mol. The summed E-state index contributed by atoms with van der Waals surface area (Å²) < 4.78 is 1.46. The van der Waals surface area contributed by atoms with Crippen LogP contribution in [0.5, 0.6) is 0 Å². The molecule has 2 heterocycles. The van der Waals surface area contributed by atoms with Crippen LogP contribution in [0.25, 0.3) is 11.5 Å². The van der Waals surface area contributed by atoms with E-state index in [4.69, 9.17) is 10.9 Å². The van der Waals surface area contributed by atoms with Gasteiger partial charge in [-0.25, -0.2) is 4.68 Å². The standard InChI is InChI=1S/C11H18N6OS/c1-8-7-9(14-13-8)10-15-16-11(17(10)12)19-6-4-2-3-5-18/h7,18H,2-6,12H2,1H3,(H,13,14). The normalized spacial score (nSPS) is 11.1. The molecule has 104 valence electrons. The maximum absolute atomic E-state index is 8.69. The number of aromatic amines is 1. The zero-order valence-corrected chi connectivity index (χ0v) is 11.7. The lowest BCUT2D eigenvalue weighted by Crippen LogP contribution is -2.11. The molecule has 0 aliphatic carbocycles. The number of rotatable bonds is 7. The van der Waals surface area contributed by atoms with Gasteiger partial charge < -0.3 is 10.9 Å². The van der Waals surface area contributed by atoms with Crippen LogP contribution in [0.4, 0.5) is 0 Å². The van der Waals surface area contributed by atoms with Crippen molar-refractivity contribution in [2.75, 3.05) is 18.2 Å². The van der Waals surface area contributed by atoms with Crippen molar-refractivity contribution in [3.8, 4) is 11.5 Å². The minimum atomic E-state index is 0.250. The zero-order valence-electron chi connectivity index (χ0n) is 10.8. The third kappa shape index (κ3) is 3.48. The van der Waals surface area contributed by atoms with Crippen LogP contribution >= 0.6 is 11.8 Å². The van der Waals surface area contributed by atoms with Crippen LogP contribution in [0, 0.1) is 6.92 Å². The van der Waals surface area contributed by atoms with E-state index >= 15 is 0 Å². The van der Waals surface area contributed by atoms with Crippen molar-refractivity contribution in [2.24, 2.45) is 0 Å². The zero-order chi connectivity index (χ0) is 13.7. The summed E-state index contributed by atoms with van der Waals surface area (Å²) in [6, 6.07) is 1.88. The van der Waals surface area contributed by atoms with Gasteiger partial charge in [0.15, 0.2) is 0 Å². The smallest absolute Gasteiger partial charge is 0.210 e. The number of nitrogens with one attached hydrogen (secondary N) is 1. The number of hydrogen-bond acceptors (Lipinski definition) is 6. The fourth-order valence-electron chi connectivity index (χ4n) is 1.64. The van der Waals surface area contributed by atoms with Gasteiger partial charge in [0.25, 0.3) is 0 Å². The number of hydrogen-bond donors (Lipinski definition) is 3. The van der Waals surface area contributed by atoms with E-state index in [0.29, 0.717) is 16.7 Å². The molecule has 0 amide bonds. The Morgan fingerprint density at radius 2 is 2.21 bits per heavy atom. The van der Waals surface area contributed by atoms with Crippen molar-refractivity contribution in [3.63, 3.8) is 0 Å². The van der Waals surface area contributed by atoms with Crippen molar-refractivity contribution < 1.29 is 5.11 Å². The SMILES string of the molecule is Cc1cc(-c2nnc(SCCCCCO)n2N)n[nH]1. The topological polar surface area (TPSA) is 106 Å². The molecule has 4 N–H and O–H groups in total. The van der Waals surface area contributed by atoms with E-state index in [1.807, 2.05) is 13.0 Å². The maximum atomic E-state index is 8.69. The molecule has 0 bridgehead atoms. The summed E-state index contributed by atoms with van der Waals surface area (Å²) in [4.78, 5) is 0. The monoisotopic (exact) mass is 282 g/mol. The van der Waals surface area contributed by atoms with Crippen molar-refractivity contribution in [3.05, 3.63) is 11.8 Å². The highest BCUT2D eigenvalue weighted by atomic mass is 32.2. The lowest BCUT2D eigenvalue weighted by atomic mass is 10.3. The first-order valence-corrected chi connectivity index (χ1v) is 7.17. The number of unbranched alkanes of at least 4 members (excludes halogenated alkanes) is 2. The number of aromatic nitrogens is 5. The Morgan fingerprint density at radius 1 is 1.37 bits per heavy atom. The van der Waals surface area contributed by atoms with Gasteiger partial charge in [0.1, 0.15) is 5.69 Å². The molecule has 0 atom stereocenters. The molecule has 0 saturated carbocycles. The van der Waals surface area contributed by atoms with Gasteiger partial charge in [0.2, 0.25) is 11.0 Å². The summed E-state index contributed by atoms with van der Waals surface area (Å²) in [6.07, 6.45) is 2.87. The first-order valence-electron chi connectivity index (χ1n) is 6.19. The number of nitrogens with zero attached hydrogens (tertiary/aromatic N) is 4. The van der Waals surface area contributed by atoms with Crippen LogP contribution < -0.4 is 5.84 Å². The van der Waals surface area contributed by atoms with Gasteiger partial charge in [-0.15, -0.1) is 10.2 Å². The highest BCUT2D eigenvalue weighted by Crippen LogP contribution is 2.21.